The number of aromatic nitrogens is 1. The number of nitrogens with zero attached hydrogens (tertiary/aromatic N) is 1. The number of amides is 1. The van der Waals surface area contributed by atoms with Gasteiger partial charge in [-0.25, -0.2) is 0 Å². The first-order chi connectivity index (χ1) is 13.2. The molecule has 0 aliphatic carbocycles. The molecule has 4 heteroatoms. The minimum absolute atomic E-state index is 0.0463. The van der Waals surface area contributed by atoms with E-state index in [0.717, 1.165) is 22.6 Å². The molecule has 0 fully saturated rings. The molecule has 3 nitrogen and oxygen atoms in total. The largest absolute Gasteiger partial charge is 0.344 e. The molecular weight excluding hydrogens is 352 g/mol. The molecule has 2 atom stereocenters. The second-order valence-corrected chi connectivity index (χ2v) is 7.79. The minimum atomic E-state index is -0.104. The maximum absolute atomic E-state index is 12.6. The van der Waals surface area contributed by atoms with E-state index in [-0.39, 0.29) is 11.9 Å². The van der Waals surface area contributed by atoms with Crippen molar-refractivity contribution < 1.29 is 4.79 Å². The maximum Gasteiger partial charge on any atom is 0.221 e. The molecule has 0 aliphatic rings. The van der Waals surface area contributed by atoms with Crippen molar-refractivity contribution in [1.29, 1.82) is 0 Å². The molecule has 140 valence electrons. The number of rotatable bonds is 8. The third-order valence-electron chi connectivity index (χ3n) is 4.92. The molecule has 2 unspecified atom stereocenters. The summed E-state index contributed by atoms with van der Waals surface area (Å²) in [7, 11) is 0. The molecule has 0 spiro atoms. The van der Waals surface area contributed by atoms with E-state index in [9.17, 15) is 4.79 Å². The molecule has 0 aliphatic heterocycles. The Hall–Kier alpha value is -2.46. The molecule has 1 N–H and O–H groups in total. The first kappa shape index (κ1) is 19.3. The average molecular weight is 379 g/mol. The third-order valence-corrected chi connectivity index (χ3v) is 5.86. The predicted octanol–water partition coefficient (Wildman–Crippen LogP) is 5.50. The van der Waals surface area contributed by atoms with Crippen LogP contribution in [-0.2, 0) is 11.2 Å². The molecule has 0 saturated heterocycles. The highest BCUT2D eigenvalue weighted by atomic mass is 32.1. The Morgan fingerprint density at radius 2 is 1.85 bits per heavy atom. The SMILES string of the molecule is CCC(C)c1ccc(C(NC(=O)CCc2ccccn2)c2cccs2)cc1. The number of benzene rings is 1. The van der Waals surface area contributed by atoms with Crippen molar-refractivity contribution in [2.75, 3.05) is 0 Å². The zero-order chi connectivity index (χ0) is 19.1. The van der Waals surface area contributed by atoms with Gasteiger partial charge in [-0.05, 0) is 53.5 Å². The summed E-state index contributed by atoms with van der Waals surface area (Å²) >= 11 is 1.67. The highest BCUT2D eigenvalue weighted by Gasteiger charge is 2.18. The molecule has 2 aromatic heterocycles. The van der Waals surface area contributed by atoms with Crippen LogP contribution < -0.4 is 5.32 Å². The summed E-state index contributed by atoms with van der Waals surface area (Å²) in [6.45, 7) is 4.44. The molecule has 0 saturated carbocycles. The van der Waals surface area contributed by atoms with Crippen LogP contribution in [0.4, 0.5) is 0 Å². The summed E-state index contributed by atoms with van der Waals surface area (Å²) in [4.78, 5) is 18.0. The summed E-state index contributed by atoms with van der Waals surface area (Å²) in [5.74, 6) is 0.595. The quantitative estimate of drug-likeness (QED) is 0.563. The molecule has 0 radical (unpaired) electrons. The van der Waals surface area contributed by atoms with Crippen LogP contribution in [0.15, 0.2) is 66.2 Å². The van der Waals surface area contributed by atoms with Crippen molar-refractivity contribution in [3.63, 3.8) is 0 Å². The Morgan fingerprint density at radius 3 is 2.48 bits per heavy atom. The Bertz CT molecular complexity index is 829. The van der Waals surface area contributed by atoms with Crippen molar-refractivity contribution in [1.82, 2.24) is 10.3 Å². The number of pyridine rings is 1. The van der Waals surface area contributed by atoms with Gasteiger partial charge in [-0.2, -0.15) is 0 Å². The van der Waals surface area contributed by atoms with E-state index in [1.165, 1.54) is 5.56 Å². The van der Waals surface area contributed by atoms with Crippen molar-refractivity contribution in [3.05, 3.63) is 87.9 Å². The monoisotopic (exact) mass is 378 g/mol. The van der Waals surface area contributed by atoms with E-state index in [4.69, 9.17) is 0 Å². The maximum atomic E-state index is 12.6. The Morgan fingerprint density at radius 1 is 1.07 bits per heavy atom. The van der Waals surface area contributed by atoms with E-state index < -0.39 is 0 Å². The molecule has 3 rings (SSSR count). The van der Waals surface area contributed by atoms with Crippen LogP contribution >= 0.6 is 11.3 Å². The molecule has 3 aromatic rings. The second-order valence-electron chi connectivity index (χ2n) is 6.81. The lowest BCUT2D eigenvalue weighted by atomic mass is 9.95. The van der Waals surface area contributed by atoms with Gasteiger partial charge in [0.1, 0.15) is 0 Å². The third kappa shape index (κ3) is 5.27. The van der Waals surface area contributed by atoms with Crippen LogP contribution in [0.25, 0.3) is 0 Å². The van der Waals surface area contributed by atoms with E-state index in [0.29, 0.717) is 18.8 Å². The Kier molecular flexibility index (Phi) is 6.77. The van der Waals surface area contributed by atoms with Gasteiger partial charge in [0.25, 0.3) is 0 Å². The summed E-state index contributed by atoms with van der Waals surface area (Å²) in [6.07, 6.45) is 3.97. The smallest absolute Gasteiger partial charge is 0.221 e. The van der Waals surface area contributed by atoms with E-state index in [1.54, 1.807) is 17.5 Å². The fraction of sp³-hybridized carbons (Fsp3) is 0.304. The van der Waals surface area contributed by atoms with E-state index >= 15 is 0 Å². The van der Waals surface area contributed by atoms with Gasteiger partial charge in [0.05, 0.1) is 6.04 Å². The van der Waals surface area contributed by atoms with Crippen molar-refractivity contribution in [3.8, 4) is 0 Å². The summed E-state index contributed by atoms with van der Waals surface area (Å²) in [6, 6.07) is 18.5. The number of carbonyl (C=O) groups is 1. The Labute approximate surface area is 165 Å². The minimum Gasteiger partial charge on any atom is -0.344 e. The number of thiophene rings is 1. The van der Waals surface area contributed by atoms with Gasteiger partial charge in [-0.1, -0.05) is 50.2 Å². The van der Waals surface area contributed by atoms with Crippen LogP contribution in [0.2, 0.25) is 0 Å². The summed E-state index contributed by atoms with van der Waals surface area (Å²) < 4.78 is 0. The van der Waals surface area contributed by atoms with Crippen LogP contribution in [0.5, 0.6) is 0 Å². The normalized spacial score (nSPS) is 13.1. The fourth-order valence-electron chi connectivity index (χ4n) is 3.05. The molecule has 2 heterocycles. The van der Waals surface area contributed by atoms with Crippen LogP contribution in [0.1, 0.15) is 60.3 Å². The molecule has 1 amide bonds. The molecule has 0 bridgehead atoms. The summed E-state index contributed by atoms with van der Waals surface area (Å²) in [5.41, 5.74) is 3.40. The van der Waals surface area contributed by atoms with Crippen molar-refractivity contribution >= 4 is 17.2 Å². The van der Waals surface area contributed by atoms with Crippen LogP contribution in [-0.4, -0.2) is 10.9 Å². The predicted molar refractivity (Wildman–Crippen MR) is 112 cm³/mol. The fourth-order valence-corrected chi connectivity index (χ4v) is 3.85. The lowest BCUT2D eigenvalue weighted by molar-refractivity contribution is -0.121. The van der Waals surface area contributed by atoms with E-state index in [2.05, 4.69) is 59.9 Å². The van der Waals surface area contributed by atoms with Gasteiger partial charge < -0.3 is 5.32 Å². The van der Waals surface area contributed by atoms with E-state index in [1.807, 2.05) is 24.3 Å². The standard InChI is InChI=1S/C23H26N2OS/c1-3-17(2)18-9-11-19(12-10-18)23(21-8-6-16-27-21)25-22(26)14-13-20-7-4-5-15-24-20/h4-12,15-17,23H,3,13-14H2,1-2H3,(H,25,26). The van der Waals surface area contributed by atoms with Gasteiger partial charge in [-0.15, -0.1) is 11.3 Å². The number of aryl methyl sites for hydroxylation is 1. The average Bonchev–Trinajstić information content (AvgIpc) is 3.25. The molecular formula is C23H26N2OS. The van der Waals surface area contributed by atoms with Gasteiger partial charge >= 0.3 is 0 Å². The zero-order valence-electron chi connectivity index (χ0n) is 15.9. The van der Waals surface area contributed by atoms with Gasteiger partial charge in [-0.3, -0.25) is 9.78 Å². The van der Waals surface area contributed by atoms with Crippen LogP contribution in [0.3, 0.4) is 0 Å². The highest BCUT2D eigenvalue weighted by Crippen LogP contribution is 2.28. The molecule has 27 heavy (non-hydrogen) atoms. The van der Waals surface area contributed by atoms with Gasteiger partial charge in [0.2, 0.25) is 5.91 Å². The van der Waals surface area contributed by atoms with Gasteiger partial charge in [0.15, 0.2) is 0 Å². The topological polar surface area (TPSA) is 42.0 Å². The first-order valence-corrected chi connectivity index (χ1v) is 10.4. The zero-order valence-corrected chi connectivity index (χ0v) is 16.7. The highest BCUT2D eigenvalue weighted by molar-refractivity contribution is 7.10. The number of hydrogen-bond acceptors (Lipinski definition) is 3. The van der Waals surface area contributed by atoms with Crippen molar-refractivity contribution in [2.24, 2.45) is 0 Å². The molecule has 1 aromatic carbocycles. The number of hydrogen-bond donors (Lipinski definition) is 1. The number of carbonyl (C=O) groups excluding carboxylic acids is 1. The van der Waals surface area contributed by atoms with Gasteiger partial charge in [0, 0.05) is 23.2 Å². The lowest BCUT2D eigenvalue weighted by Gasteiger charge is -2.19. The van der Waals surface area contributed by atoms with Crippen LogP contribution in [0, 0.1) is 0 Å². The second kappa shape index (κ2) is 9.47. The first-order valence-electron chi connectivity index (χ1n) is 9.50. The number of nitrogens with one attached hydrogen (secondary N) is 1. The Balaban J connectivity index is 1.71. The lowest BCUT2D eigenvalue weighted by Crippen LogP contribution is -2.29. The van der Waals surface area contributed by atoms with Crippen molar-refractivity contribution in [2.45, 2.75) is 45.1 Å². The summed E-state index contributed by atoms with van der Waals surface area (Å²) in [5, 5.41) is 5.26.